The Hall–Kier alpha value is -1.98. The Balaban J connectivity index is 2.36. The average molecular weight is 246 g/mol. The van der Waals surface area contributed by atoms with E-state index in [2.05, 4.69) is 46.1 Å². The number of hydrogen-bond donors (Lipinski definition) is 1. The minimum atomic E-state index is 0.274. The molecule has 0 aromatic carbocycles. The molecular weight excluding hydrogens is 228 g/mol. The van der Waals surface area contributed by atoms with Crippen LogP contribution in [0.25, 0.3) is 5.82 Å². The van der Waals surface area contributed by atoms with Gasteiger partial charge in [-0.1, -0.05) is 20.8 Å². The Morgan fingerprint density at radius 1 is 1.33 bits per heavy atom. The van der Waals surface area contributed by atoms with Gasteiger partial charge in [0.2, 0.25) is 0 Å². The quantitative estimate of drug-likeness (QED) is 0.874. The summed E-state index contributed by atoms with van der Waals surface area (Å²) < 4.78 is 1.64. The zero-order valence-corrected chi connectivity index (χ0v) is 11.0. The van der Waals surface area contributed by atoms with Gasteiger partial charge in [0.1, 0.15) is 24.3 Å². The second kappa shape index (κ2) is 5.57. The predicted molar refractivity (Wildman–Crippen MR) is 69.8 cm³/mol. The molecule has 0 aliphatic rings. The van der Waals surface area contributed by atoms with Crippen LogP contribution in [0.5, 0.6) is 0 Å². The van der Waals surface area contributed by atoms with E-state index in [-0.39, 0.29) is 5.92 Å². The van der Waals surface area contributed by atoms with Gasteiger partial charge in [0, 0.05) is 18.5 Å². The van der Waals surface area contributed by atoms with Crippen molar-refractivity contribution in [2.75, 3.05) is 11.9 Å². The largest absolute Gasteiger partial charge is 0.370 e. The van der Waals surface area contributed by atoms with Crippen molar-refractivity contribution in [2.45, 2.75) is 33.1 Å². The van der Waals surface area contributed by atoms with E-state index in [1.54, 1.807) is 11.0 Å². The molecule has 6 heteroatoms. The summed E-state index contributed by atoms with van der Waals surface area (Å²) in [5.41, 5.74) is 0. The van der Waals surface area contributed by atoms with Crippen LogP contribution < -0.4 is 5.32 Å². The van der Waals surface area contributed by atoms with Crippen molar-refractivity contribution in [3.63, 3.8) is 0 Å². The van der Waals surface area contributed by atoms with Crippen molar-refractivity contribution in [2.24, 2.45) is 0 Å². The Morgan fingerprint density at radius 2 is 2.17 bits per heavy atom. The van der Waals surface area contributed by atoms with E-state index in [0.29, 0.717) is 0 Å². The van der Waals surface area contributed by atoms with Crippen LogP contribution in [0.15, 0.2) is 18.7 Å². The van der Waals surface area contributed by atoms with Gasteiger partial charge in [-0.3, -0.25) is 0 Å². The molecule has 6 nitrogen and oxygen atoms in total. The lowest BCUT2D eigenvalue weighted by Crippen LogP contribution is -2.09. The molecule has 2 aromatic rings. The number of anilines is 1. The van der Waals surface area contributed by atoms with Crippen LogP contribution in [0.1, 0.15) is 38.9 Å². The molecule has 0 spiro atoms. The lowest BCUT2D eigenvalue weighted by Gasteiger charge is -2.10. The molecule has 2 heterocycles. The first-order chi connectivity index (χ1) is 8.70. The molecule has 2 aromatic heterocycles. The Morgan fingerprint density at radius 3 is 2.78 bits per heavy atom. The molecule has 0 atom stereocenters. The third kappa shape index (κ3) is 2.82. The highest BCUT2D eigenvalue weighted by atomic mass is 15.3. The van der Waals surface area contributed by atoms with Gasteiger partial charge in [-0.2, -0.15) is 5.10 Å². The molecule has 0 saturated heterocycles. The zero-order chi connectivity index (χ0) is 13.0. The minimum Gasteiger partial charge on any atom is -0.370 e. The maximum atomic E-state index is 4.50. The summed E-state index contributed by atoms with van der Waals surface area (Å²) >= 11 is 0. The third-order valence-electron chi connectivity index (χ3n) is 2.46. The zero-order valence-electron chi connectivity index (χ0n) is 11.0. The van der Waals surface area contributed by atoms with Gasteiger partial charge >= 0.3 is 0 Å². The van der Waals surface area contributed by atoms with Crippen molar-refractivity contribution in [1.29, 1.82) is 0 Å². The van der Waals surface area contributed by atoms with Crippen molar-refractivity contribution >= 4 is 5.82 Å². The molecule has 0 radical (unpaired) electrons. The topological polar surface area (TPSA) is 68.5 Å². The first kappa shape index (κ1) is 12.5. The van der Waals surface area contributed by atoms with Crippen LogP contribution >= 0.6 is 0 Å². The van der Waals surface area contributed by atoms with Crippen molar-refractivity contribution in [1.82, 2.24) is 24.7 Å². The van der Waals surface area contributed by atoms with Crippen molar-refractivity contribution in [3.8, 4) is 5.82 Å². The summed E-state index contributed by atoms with van der Waals surface area (Å²) in [6.07, 6.45) is 4.19. The molecule has 0 aliphatic carbocycles. The highest BCUT2D eigenvalue weighted by Crippen LogP contribution is 2.15. The van der Waals surface area contributed by atoms with Crippen LogP contribution in [-0.4, -0.2) is 31.3 Å². The minimum absolute atomic E-state index is 0.274. The summed E-state index contributed by atoms with van der Waals surface area (Å²) in [5, 5.41) is 7.38. The smallest absolute Gasteiger partial charge is 0.161 e. The molecule has 0 amide bonds. The normalized spacial score (nSPS) is 10.9. The van der Waals surface area contributed by atoms with Gasteiger partial charge in [0.05, 0.1) is 0 Å². The summed E-state index contributed by atoms with van der Waals surface area (Å²) in [6.45, 7) is 7.16. The van der Waals surface area contributed by atoms with Crippen LogP contribution in [0.2, 0.25) is 0 Å². The van der Waals surface area contributed by atoms with E-state index in [4.69, 9.17) is 0 Å². The van der Waals surface area contributed by atoms with Gasteiger partial charge in [0.15, 0.2) is 5.82 Å². The molecule has 96 valence electrons. The SMILES string of the molecule is CCCNc1cc(-n2cncn2)nc(C(C)C)n1. The van der Waals surface area contributed by atoms with Crippen molar-refractivity contribution in [3.05, 3.63) is 24.5 Å². The van der Waals surface area contributed by atoms with Gasteiger partial charge in [-0.25, -0.2) is 19.6 Å². The molecule has 0 unspecified atom stereocenters. The highest BCUT2D eigenvalue weighted by molar-refractivity contribution is 5.41. The molecule has 18 heavy (non-hydrogen) atoms. The number of rotatable bonds is 5. The number of aromatic nitrogens is 5. The third-order valence-corrected chi connectivity index (χ3v) is 2.46. The fraction of sp³-hybridized carbons (Fsp3) is 0.500. The number of hydrogen-bond acceptors (Lipinski definition) is 5. The first-order valence-electron chi connectivity index (χ1n) is 6.18. The molecule has 2 rings (SSSR count). The van der Waals surface area contributed by atoms with E-state index >= 15 is 0 Å². The fourth-order valence-corrected chi connectivity index (χ4v) is 1.50. The maximum Gasteiger partial charge on any atom is 0.161 e. The van der Waals surface area contributed by atoms with Crippen LogP contribution in [0, 0.1) is 0 Å². The number of nitrogens with zero attached hydrogens (tertiary/aromatic N) is 5. The van der Waals surface area contributed by atoms with Gasteiger partial charge < -0.3 is 5.32 Å². The first-order valence-corrected chi connectivity index (χ1v) is 6.18. The van der Waals surface area contributed by atoms with E-state index in [1.165, 1.54) is 6.33 Å². The highest BCUT2D eigenvalue weighted by Gasteiger charge is 2.09. The summed E-state index contributed by atoms with van der Waals surface area (Å²) in [5.74, 6) is 2.66. The molecule has 0 bridgehead atoms. The van der Waals surface area contributed by atoms with Crippen LogP contribution in [0.3, 0.4) is 0 Å². The second-order valence-electron chi connectivity index (χ2n) is 4.39. The molecule has 1 N–H and O–H groups in total. The standard InChI is InChI=1S/C12H18N6/c1-4-5-14-10-6-11(18-8-13-7-15-18)17-12(16-10)9(2)3/h6-9H,4-5H2,1-3H3,(H,14,16,17). The Bertz CT molecular complexity index is 491. The molecule has 0 fully saturated rings. The van der Waals surface area contributed by atoms with E-state index in [9.17, 15) is 0 Å². The molecular formula is C12H18N6. The lowest BCUT2D eigenvalue weighted by molar-refractivity contribution is 0.745. The Kier molecular flexibility index (Phi) is 3.86. The van der Waals surface area contributed by atoms with Crippen molar-refractivity contribution < 1.29 is 0 Å². The molecule has 0 aliphatic heterocycles. The predicted octanol–water partition coefficient (Wildman–Crippen LogP) is 2.00. The maximum absolute atomic E-state index is 4.50. The van der Waals surface area contributed by atoms with E-state index < -0.39 is 0 Å². The summed E-state index contributed by atoms with van der Waals surface area (Å²) in [6, 6.07) is 1.89. The van der Waals surface area contributed by atoms with Crippen LogP contribution in [0.4, 0.5) is 5.82 Å². The fourth-order valence-electron chi connectivity index (χ4n) is 1.50. The lowest BCUT2D eigenvalue weighted by atomic mass is 10.2. The summed E-state index contributed by atoms with van der Waals surface area (Å²) in [4.78, 5) is 12.9. The van der Waals surface area contributed by atoms with Gasteiger partial charge in [-0.15, -0.1) is 0 Å². The molecule has 0 saturated carbocycles. The van der Waals surface area contributed by atoms with Crippen LogP contribution in [-0.2, 0) is 0 Å². The number of nitrogens with one attached hydrogen (secondary N) is 1. The second-order valence-corrected chi connectivity index (χ2v) is 4.39. The Labute approximate surface area is 106 Å². The summed E-state index contributed by atoms with van der Waals surface area (Å²) in [7, 11) is 0. The van der Waals surface area contributed by atoms with Gasteiger partial charge in [-0.05, 0) is 6.42 Å². The monoisotopic (exact) mass is 246 g/mol. The van der Waals surface area contributed by atoms with E-state index in [0.717, 1.165) is 30.4 Å². The average Bonchev–Trinajstić information content (AvgIpc) is 2.89. The van der Waals surface area contributed by atoms with Gasteiger partial charge in [0.25, 0.3) is 0 Å². The van der Waals surface area contributed by atoms with E-state index in [1.807, 2.05) is 6.07 Å².